The molecule has 110 valence electrons. The van der Waals surface area contributed by atoms with Crippen LogP contribution in [-0.2, 0) is 4.79 Å². The molecule has 1 fully saturated rings. The van der Waals surface area contributed by atoms with Crippen molar-refractivity contribution < 1.29 is 9.90 Å². The largest absolute Gasteiger partial charge is 0.388 e. The SMILES string of the molecule is CC(C)CC(=O)N1CCCC1CC(O)c1ccccc1. The van der Waals surface area contributed by atoms with Gasteiger partial charge in [0, 0.05) is 19.0 Å². The minimum absolute atomic E-state index is 0.191. The first-order valence-corrected chi connectivity index (χ1v) is 7.60. The number of nitrogens with zero attached hydrogens (tertiary/aromatic N) is 1. The molecule has 0 spiro atoms. The van der Waals surface area contributed by atoms with Crippen molar-refractivity contribution in [3.05, 3.63) is 35.9 Å². The molecule has 1 aromatic rings. The lowest BCUT2D eigenvalue weighted by molar-refractivity contribution is -0.133. The maximum Gasteiger partial charge on any atom is 0.223 e. The van der Waals surface area contributed by atoms with Gasteiger partial charge in [0.1, 0.15) is 0 Å². The van der Waals surface area contributed by atoms with Gasteiger partial charge in [-0.1, -0.05) is 44.2 Å². The third kappa shape index (κ3) is 3.83. The van der Waals surface area contributed by atoms with Gasteiger partial charge in [-0.15, -0.1) is 0 Å². The standard InChI is InChI=1S/C17H25NO2/c1-13(2)11-17(20)18-10-6-9-15(18)12-16(19)14-7-4-3-5-8-14/h3-5,7-8,13,15-16,19H,6,9-12H2,1-2H3. The van der Waals surface area contributed by atoms with Crippen LogP contribution >= 0.6 is 0 Å². The van der Waals surface area contributed by atoms with E-state index in [-0.39, 0.29) is 11.9 Å². The Kier molecular flexibility index (Phi) is 5.18. The average molecular weight is 275 g/mol. The van der Waals surface area contributed by atoms with Gasteiger partial charge < -0.3 is 10.0 Å². The first kappa shape index (κ1) is 15.0. The van der Waals surface area contributed by atoms with E-state index in [9.17, 15) is 9.90 Å². The predicted octanol–water partition coefficient (Wildman–Crippen LogP) is 3.15. The zero-order chi connectivity index (χ0) is 14.5. The van der Waals surface area contributed by atoms with Crippen LogP contribution < -0.4 is 0 Å². The smallest absolute Gasteiger partial charge is 0.223 e. The Hall–Kier alpha value is -1.35. The van der Waals surface area contributed by atoms with Gasteiger partial charge in [0.2, 0.25) is 5.91 Å². The van der Waals surface area contributed by atoms with Gasteiger partial charge in [0.25, 0.3) is 0 Å². The Morgan fingerprint density at radius 3 is 2.70 bits per heavy atom. The van der Waals surface area contributed by atoms with E-state index in [0.717, 1.165) is 24.9 Å². The highest BCUT2D eigenvalue weighted by Crippen LogP contribution is 2.28. The van der Waals surface area contributed by atoms with Crippen molar-refractivity contribution in [2.45, 2.75) is 51.7 Å². The number of rotatable bonds is 5. The number of likely N-dealkylation sites (tertiary alicyclic amines) is 1. The van der Waals surface area contributed by atoms with E-state index in [1.165, 1.54) is 0 Å². The molecule has 1 amide bonds. The zero-order valence-electron chi connectivity index (χ0n) is 12.5. The third-order valence-electron chi connectivity index (χ3n) is 3.96. The highest BCUT2D eigenvalue weighted by Gasteiger charge is 2.30. The second-order valence-corrected chi connectivity index (χ2v) is 6.14. The van der Waals surface area contributed by atoms with Crippen molar-refractivity contribution in [2.75, 3.05) is 6.54 Å². The van der Waals surface area contributed by atoms with Crippen molar-refractivity contribution >= 4 is 5.91 Å². The minimum Gasteiger partial charge on any atom is -0.388 e. The zero-order valence-corrected chi connectivity index (χ0v) is 12.5. The third-order valence-corrected chi connectivity index (χ3v) is 3.96. The lowest BCUT2D eigenvalue weighted by Gasteiger charge is -2.27. The fraction of sp³-hybridized carbons (Fsp3) is 0.588. The topological polar surface area (TPSA) is 40.5 Å². The molecule has 0 saturated carbocycles. The number of carbonyl (C=O) groups is 1. The van der Waals surface area contributed by atoms with Gasteiger partial charge >= 0.3 is 0 Å². The minimum atomic E-state index is -0.478. The average Bonchev–Trinajstić information content (AvgIpc) is 2.87. The number of hydrogen-bond donors (Lipinski definition) is 1. The van der Waals surface area contributed by atoms with Crippen LogP contribution in [0.1, 0.15) is 51.2 Å². The number of hydrogen-bond acceptors (Lipinski definition) is 2. The molecule has 1 aliphatic rings. The quantitative estimate of drug-likeness (QED) is 0.896. The second-order valence-electron chi connectivity index (χ2n) is 6.14. The first-order valence-electron chi connectivity index (χ1n) is 7.60. The molecule has 0 bridgehead atoms. The molecule has 2 rings (SSSR count). The van der Waals surface area contributed by atoms with Crippen LogP contribution in [-0.4, -0.2) is 28.5 Å². The molecule has 0 aliphatic carbocycles. The van der Waals surface area contributed by atoms with E-state index in [1.54, 1.807) is 0 Å². The van der Waals surface area contributed by atoms with Crippen molar-refractivity contribution in [1.82, 2.24) is 4.90 Å². The van der Waals surface area contributed by atoms with E-state index in [0.29, 0.717) is 18.8 Å². The summed E-state index contributed by atoms with van der Waals surface area (Å²) < 4.78 is 0. The van der Waals surface area contributed by atoms with Crippen molar-refractivity contribution in [1.29, 1.82) is 0 Å². The number of carbonyl (C=O) groups excluding carboxylic acids is 1. The Morgan fingerprint density at radius 1 is 1.35 bits per heavy atom. The van der Waals surface area contributed by atoms with E-state index in [4.69, 9.17) is 0 Å². The number of amides is 1. The van der Waals surface area contributed by atoms with Crippen LogP contribution in [0.5, 0.6) is 0 Å². The van der Waals surface area contributed by atoms with Crippen LogP contribution in [0.2, 0.25) is 0 Å². The second kappa shape index (κ2) is 6.89. The molecule has 1 aromatic carbocycles. The molecule has 0 aromatic heterocycles. The number of aliphatic hydroxyl groups is 1. The molecule has 2 unspecified atom stereocenters. The number of aliphatic hydroxyl groups excluding tert-OH is 1. The van der Waals surface area contributed by atoms with Gasteiger partial charge in [-0.3, -0.25) is 4.79 Å². The van der Waals surface area contributed by atoms with Crippen molar-refractivity contribution in [2.24, 2.45) is 5.92 Å². The maximum absolute atomic E-state index is 12.2. The van der Waals surface area contributed by atoms with Gasteiger partial charge in [-0.05, 0) is 30.7 Å². The number of benzene rings is 1. The summed E-state index contributed by atoms with van der Waals surface area (Å²) in [6.45, 7) is 4.99. The highest BCUT2D eigenvalue weighted by molar-refractivity contribution is 5.77. The molecule has 1 saturated heterocycles. The molecular formula is C17H25NO2. The Labute approximate surface area is 121 Å². The summed E-state index contributed by atoms with van der Waals surface area (Å²) in [6, 6.07) is 9.91. The van der Waals surface area contributed by atoms with E-state index >= 15 is 0 Å². The first-order chi connectivity index (χ1) is 9.58. The van der Waals surface area contributed by atoms with Crippen molar-refractivity contribution in [3.63, 3.8) is 0 Å². The molecule has 3 nitrogen and oxygen atoms in total. The molecule has 1 aliphatic heterocycles. The van der Waals surface area contributed by atoms with Crippen molar-refractivity contribution in [3.8, 4) is 0 Å². The molecule has 1 heterocycles. The van der Waals surface area contributed by atoms with Gasteiger partial charge in [-0.25, -0.2) is 0 Å². The molecule has 0 radical (unpaired) electrons. The maximum atomic E-state index is 12.2. The molecule has 20 heavy (non-hydrogen) atoms. The summed E-state index contributed by atoms with van der Waals surface area (Å²) in [5.41, 5.74) is 0.940. The van der Waals surface area contributed by atoms with Gasteiger partial charge in [-0.2, -0.15) is 0 Å². The van der Waals surface area contributed by atoms with Gasteiger partial charge in [0.15, 0.2) is 0 Å². The van der Waals surface area contributed by atoms with Crippen LogP contribution in [0.4, 0.5) is 0 Å². The summed E-state index contributed by atoms with van der Waals surface area (Å²) >= 11 is 0. The van der Waals surface area contributed by atoms with E-state index in [2.05, 4.69) is 13.8 Å². The molecular weight excluding hydrogens is 250 g/mol. The van der Waals surface area contributed by atoms with Crippen LogP contribution in [0.3, 0.4) is 0 Å². The summed E-state index contributed by atoms with van der Waals surface area (Å²) in [6.07, 6.45) is 2.84. The summed E-state index contributed by atoms with van der Waals surface area (Å²) in [4.78, 5) is 14.2. The van der Waals surface area contributed by atoms with Gasteiger partial charge in [0.05, 0.1) is 6.10 Å². The summed E-state index contributed by atoms with van der Waals surface area (Å²) in [7, 11) is 0. The molecule has 2 atom stereocenters. The molecule has 3 heteroatoms. The summed E-state index contributed by atoms with van der Waals surface area (Å²) in [5, 5.41) is 10.3. The summed E-state index contributed by atoms with van der Waals surface area (Å²) in [5.74, 6) is 0.630. The lowest BCUT2D eigenvalue weighted by Crippen LogP contribution is -2.37. The van der Waals surface area contributed by atoms with Crippen LogP contribution in [0, 0.1) is 5.92 Å². The Morgan fingerprint density at radius 2 is 2.05 bits per heavy atom. The monoisotopic (exact) mass is 275 g/mol. The molecule has 1 N–H and O–H groups in total. The Bertz CT molecular complexity index is 430. The Balaban J connectivity index is 1.96. The fourth-order valence-electron chi connectivity index (χ4n) is 2.94. The van der Waals surface area contributed by atoms with Crippen LogP contribution in [0.25, 0.3) is 0 Å². The predicted molar refractivity (Wildman–Crippen MR) is 80.2 cm³/mol. The fourth-order valence-corrected chi connectivity index (χ4v) is 2.94. The van der Waals surface area contributed by atoms with Crippen LogP contribution in [0.15, 0.2) is 30.3 Å². The van der Waals surface area contributed by atoms with E-state index < -0.39 is 6.10 Å². The normalized spacial score (nSPS) is 20.4. The lowest BCUT2D eigenvalue weighted by atomic mass is 10.00. The highest BCUT2D eigenvalue weighted by atomic mass is 16.3. The van der Waals surface area contributed by atoms with E-state index in [1.807, 2.05) is 35.2 Å².